The van der Waals surface area contributed by atoms with Crippen LogP contribution in [0.4, 0.5) is 11.4 Å². The van der Waals surface area contributed by atoms with E-state index in [0.29, 0.717) is 30.2 Å². The van der Waals surface area contributed by atoms with Crippen molar-refractivity contribution in [3.8, 4) is 5.75 Å². The lowest BCUT2D eigenvalue weighted by Gasteiger charge is -2.26. The Morgan fingerprint density at radius 2 is 1.73 bits per heavy atom. The van der Waals surface area contributed by atoms with Gasteiger partial charge in [0.25, 0.3) is 5.91 Å². The molecule has 2 N–H and O–H groups in total. The third kappa shape index (κ3) is 6.49. The molecule has 7 heteroatoms. The van der Waals surface area contributed by atoms with Gasteiger partial charge in [0.15, 0.2) is 0 Å². The molecule has 0 bridgehead atoms. The molecule has 2 amide bonds. The second kappa shape index (κ2) is 11.2. The lowest BCUT2D eigenvalue weighted by atomic mass is 10.1. The standard InChI is InChI=1S/C23H29N3O4/c1-29-14-15-30-21-7-5-6-20(16-21)25-22(27)17-24-19-10-8-18(9-11-19)23(28)26-12-3-2-4-13-26/h5-11,16,24H,2-4,12-15,17H2,1H3,(H,25,27). The van der Waals surface area contributed by atoms with Gasteiger partial charge >= 0.3 is 0 Å². The molecule has 1 saturated heterocycles. The smallest absolute Gasteiger partial charge is 0.253 e. The quantitative estimate of drug-likeness (QED) is 0.619. The van der Waals surface area contributed by atoms with E-state index in [0.717, 1.165) is 31.6 Å². The van der Waals surface area contributed by atoms with Crippen LogP contribution >= 0.6 is 0 Å². The van der Waals surface area contributed by atoms with E-state index in [9.17, 15) is 9.59 Å². The highest BCUT2D eigenvalue weighted by Gasteiger charge is 2.17. The van der Waals surface area contributed by atoms with E-state index in [1.54, 1.807) is 25.3 Å². The summed E-state index contributed by atoms with van der Waals surface area (Å²) in [4.78, 5) is 26.7. The molecule has 2 aromatic carbocycles. The number of amides is 2. The van der Waals surface area contributed by atoms with Gasteiger partial charge in [-0.1, -0.05) is 6.07 Å². The van der Waals surface area contributed by atoms with E-state index in [1.807, 2.05) is 35.2 Å². The maximum Gasteiger partial charge on any atom is 0.253 e. The van der Waals surface area contributed by atoms with Gasteiger partial charge in [0, 0.05) is 43.2 Å². The lowest BCUT2D eigenvalue weighted by molar-refractivity contribution is -0.114. The van der Waals surface area contributed by atoms with Crippen molar-refractivity contribution in [3.63, 3.8) is 0 Å². The fraction of sp³-hybridized carbons (Fsp3) is 0.391. The molecule has 2 aromatic rings. The molecule has 1 aliphatic heterocycles. The zero-order chi connectivity index (χ0) is 21.2. The first-order chi connectivity index (χ1) is 14.7. The molecule has 7 nitrogen and oxygen atoms in total. The van der Waals surface area contributed by atoms with Gasteiger partial charge in [0.1, 0.15) is 12.4 Å². The number of carbonyl (C=O) groups excluding carboxylic acids is 2. The number of nitrogens with one attached hydrogen (secondary N) is 2. The van der Waals surface area contributed by atoms with E-state index in [1.165, 1.54) is 6.42 Å². The summed E-state index contributed by atoms with van der Waals surface area (Å²) >= 11 is 0. The Morgan fingerprint density at radius 1 is 0.967 bits per heavy atom. The number of carbonyl (C=O) groups is 2. The Bertz CT molecular complexity index is 833. The third-order valence-electron chi connectivity index (χ3n) is 4.90. The Labute approximate surface area is 177 Å². The topological polar surface area (TPSA) is 79.9 Å². The average Bonchev–Trinajstić information content (AvgIpc) is 2.79. The van der Waals surface area contributed by atoms with Gasteiger partial charge in [-0.25, -0.2) is 0 Å². The molecule has 0 saturated carbocycles. The first-order valence-corrected chi connectivity index (χ1v) is 10.3. The van der Waals surface area contributed by atoms with Crippen molar-refractivity contribution in [1.29, 1.82) is 0 Å². The van der Waals surface area contributed by atoms with Gasteiger partial charge in [-0.15, -0.1) is 0 Å². The molecular weight excluding hydrogens is 382 g/mol. The van der Waals surface area contributed by atoms with Crippen molar-refractivity contribution in [3.05, 3.63) is 54.1 Å². The maximum atomic E-state index is 12.5. The number of hydrogen-bond acceptors (Lipinski definition) is 5. The number of likely N-dealkylation sites (tertiary alicyclic amines) is 1. The predicted molar refractivity (Wildman–Crippen MR) is 117 cm³/mol. The fourth-order valence-corrected chi connectivity index (χ4v) is 3.30. The van der Waals surface area contributed by atoms with Crippen LogP contribution in [0.15, 0.2) is 48.5 Å². The van der Waals surface area contributed by atoms with Crippen molar-refractivity contribution in [2.24, 2.45) is 0 Å². The molecule has 3 rings (SSSR count). The van der Waals surface area contributed by atoms with Crippen LogP contribution in [0.25, 0.3) is 0 Å². The largest absolute Gasteiger partial charge is 0.491 e. The van der Waals surface area contributed by atoms with Crippen molar-refractivity contribution >= 4 is 23.2 Å². The molecular formula is C23H29N3O4. The first kappa shape index (κ1) is 21.6. The number of anilines is 2. The number of ether oxygens (including phenoxy) is 2. The molecule has 0 aliphatic carbocycles. The van der Waals surface area contributed by atoms with Gasteiger partial charge in [-0.2, -0.15) is 0 Å². The number of benzene rings is 2. The number of rotatable bonds is 9. The first-order valence-electron chi connectivity index (χ1n) is 10.3. The zero-order valence-electron chi connectivity index (χ0n) is 17.4. The number of hydrogen-bond donors (Lipinski definition) is 2. The predicted octanol–water partition coefficient (Wildman–Crippen LogP) is 3.39. The van der Waals surface area contributed by atoms with Gasteiger partial charge in [0.2, 0.25) is 5.91 Å². The summed E-state index contributed by atoms with van der Waals surface area (Å²) in [5, 5.41) is 5.92. The summed E-state index contributed by atoms with van der Waals surface area (Å²) in [5.74, 6) is 0.580. The van der Waals surface area contributed by atoms with Gasteiger partial charge < -0.3 is 25.0 Å². The van der Waals surface area contributed by atoms with Crippen LogP contribution in [0.1, 0.15) is 29.6 Å². The summed E-state index contributed by atoms with van der Waals surface area (Å²) in [6.45, 7) is 2.73. The van der Waals surface area contributed by atoms with Crippen LogP contribution < -0.4 is 15.4 Å². The monoisotopic (exact) mass is 411 g/mol. The number of methoxy groups -OCH3 is 1. The molecule has 1 aliphatic rings. The molecule has 30 heavy (non-hydrogen) atoms. The van der Waals surface area contributed by atoms with Crippen molar-refractivity contribution in [2.45, 2.75) is 19.3 Å². The minimum atomic E-state index is -0.169. The Hall–Kier alpha value is -3.06. The second-order valence-corrected chi connectivity index (χ2v) is 7.20. The van der Waals surface area contributed by atoms with Crippen molar-refractivity contribution in [2.75, 3.05) is 50.6 Å². The highest BCUT2D eigenvalue weighted by molar-refractivity contribution is 5.95. The molecule has 0 aromatic heterocycles. The zero-order valence-corrected chi connectivity index (χ0v) is 17.4. The minimum Gasteiger partial charge on any atom is -0.491 e. The summed E-state index contributed by atoms with van der Waals surface area (Å²) in [6, 6.07) is 14.5. The van der Waals surface area contributed by atoms with Gasteiger partial charge in [-0.05, 0) is 55.7 Å². The highest BCUT2D eigenvalue weighted by Crippen LogP contribution is 2.18. The Morgan fingerprint density at radius 3 is 2.47 bits per heavy atom. The molecule has 1 heterocycles. The van der Waals surface area contributed by atoms with E-state index < -0.39 is 0 Å². The van der Waals surface area contributed by atoms with Crippen molar-refractivity contribution < 1.29 is 19.1 Å². The summed E-state index contributed by atoms with van der Waals surface area (Å²) in [5.41, 5.74) is 2.13. The Balaban J connectivity index is 1.46. The Kier molecular flexibility index (Phi) is 8.09. The average molecular weight is 412 g/mol. The van der Waals surface area contributed by atoms with Crippen LogP contribution in [0.5, 0.6) is 5.75 Å². The van der Waals surface area contributed by atoms with Crippen LogP contribution in [0.2, 0.25) is 0 Å². The number of nitrogens with zero attached hydrogens (tertiary/aromatic N) is 1. The summed E-state index contributed by atoms with van der Waals surface area (Å²) < 4.78 is 10.5. The van der Waals surface area contributed by atoms with E-state index in [4.69, 9.17) is 9.47 Å². The molecule has 0 radical (unpaired) electrons. The van der Waals surface area contributed by atoms with Crippen LogP contribution in [0, 0.1) is 0 Å². The normalized spacial score (nSPS) is 13.6. The van der Waals surface area contributed by atoms with Crippen LogP contribution in [-0.2, 0) is 9.53 Å². The third-order valence-corrected chi connectivity index (χ3v) is 4.90. The molecule has 0 atom stereocenters. The fourth-order valence-electron chi connectivity index (χ4n) is 3.30. The van der Waals surface area contributed by atoms with E-state index in [-0.39, 0.29) is 18.4 Å². The summed E-state index contributed by atoms with van der Waals surface area (Å²) in [7, 11) is 1.62. The molecule has 160 valence electrons. The molecule has 1 fully saturated rings. The van der Waals surface area contributed by atoms with Crippen molar-refractivity contribution in [1.82, 2.24) is 4.90 Å². The molecule has 0 spiro atoms. The lowest BCUT2D eigenvalue weighted by Crippen LogP contribution is -2.35. The minimum absolute atomic E-state index is 0.0755. The van der Waals surface area contributed by atoms with Gasteiger partial charge in [0.05, 0.1) is 13.2 Å². The van der Waals surface area contributed by atoms with E-state index >= 15 is 0 Å². The maximum absolute atomic E-state index is 12.5. The van der Waals surface area contributed by atoms with E-state index in [2.05, 4.69) is 10.6 Å². The van der Waals surface area contributed by atoms with Crippen LogP contribution in [-0.4, -0.2) is 56.7 Å². The summed E-state index contributed by atoms with van der Waals surface area (Å²) in [6.07, 6.45) is 3.34. The number of piperidine rings is 1. The molecule has 0 unspecified atom stereocenters. The van der Waals surface area contributed by atoms with Crippen LogP contribution in [0.3, 0.4) is 0 Å². The SMILES string of the molecule is COCCOc1cccc(NC(=O)CNc2ccc(C(=O)N3CCCCC3)cc2)c1. The van der Waals surface area contributed by atoms with Gasteiger partial charge in [-0.3, -0.25) is 9.59 Å². The second-order valence-electron chi connectivity index (χ2n) is 7.20. The highest BCUT2D eigenvalue weighted by atomic mass is 16.5.